The highest BCUT2D eigenvalue weighted by atomic mass is 35.5. The summed E-state index contributed by atoms with van der Waals surface area (Å²) in [5.41, 5.74) is 3.13. The molecule has 0 saturated heterocycles. The Balaban J connectivity index is 1.75. The lowest BCUT2D eigenvalue weighted by Crippen LogP contribution is -2.29. The van der Waals surface area contributed by atoms with Crippen LogP contribution in [-0.4, -0.2) is 32.0 Å². The minimum Gasteiger partial charge on any atom is -0.349 e. The van der Waals surface area contributed by atoms with Crippen LogP contribution in [0.5, 0.6) is 0 Å². The fourth-order valence-corrected chi connectivity index (χ4v) is 2.92. The van der Waals surface area contributed by atoms with Gasteiger partial charge in [-0.05, 0) is 52.7 Å². The third-order valence-corrected chi connectivity index (χ3v) is 4.38. The number of hydrogen-bond acceptors (Lipinski definition) is 5. The number of rotatable bonds is 6. The summed E-state index contributed by atoms with van der Waals surface area (Å²) in [4.78, 5) is 24.1. The molecule has 0 radical (unpaired) electrons. The van der Waals surface area contributed by atoms with Gasteiger partial charge < -0.3 is 10.6 Å². The summed E-state index contributed by atoms with van der Waals surface area (Å²) >= 11 is 5.92. The quantitative estimate of drug-likeness (QED) is 0.664. The van der Waals surface area contributed by atoms with Gasteiger partial charge in [0.25, 0.3) is 0 Å². The number of benzene rings is 2. The van der Waals surface area contributed by atoms with E-state index in [1.54, 1.807) is 36.4 Å². The van der Waals surface area contributed by atoms with E-state index in [9.17, 15) is 9.59 Å². The van der Waals surface area contributed by atoms with Crippen molar-refractivity contribution in [1.82, 2.24) is 25.5 Å². The molecule has 9 heteroatoms. The second kappa shape index (κ2) is 8.62. The molecular formula is C19H19ClN6O2. The lowest BCUT2D eigenvalue weighted by molar-refractivity contribution is -0.120. The predicted octanol–water partition coefficient (Wildman–Crippen LogP) is 2.83. The van der Waals surface area contributed by atoms with Crippen LogP contribution in [0.3, 0.4) is 0 Å². The van der Waals surface area contributed by atoms with Gasteiger partial charge in [0.1, 0.15) is 6.33 Å². The van der Waals surface area contributed by atoms with Gasteiger partial charge in [-0.2, -0.15) is 0 Å². The zero-order valence-corrected chi connectivity index (χ0v) is 16.1. The molecule has 28 heavy (non-hydrogen) atoms. The summed E-state index contributed by atoms with van der Waals surface area (Å²) in [6, 6.07) is 12.0. The number of nitrogens with one attached hydrogen (secondary N) is 2. The van der Waals surface area contributed by atoms with E-state index in [1.165, 1.54) is 17.9 Å². The van der Waals surface area contributed by atoms with Gasteiger partial charge in [0.05, 0.1) is 18.2 Å². The van der Waals surface area contributed by atoms with Crippen molar-refractivity contribution in [2.24, 2.45) is 0 Å². The van der Waals surface area contributed by atoms with Gasteiger partial charge in [-0.1, -0.05) is 29.8 Å². The molecule has 0 aliphatic heterocycles. The number of tetrazole rings is 1. The van der Waals surface area contributed by atoms with Crippen molar-refractivity contribution in [2.75, 3.05) is 5.32 Å². The van der Waals surface area contributed by atoms with Crippen molar-refractivity contribution in [3.63, 3.8) is 0 Å². The predicted molar refractivity (Wildman–Crippen MR) is 105 cm³/mol. The summed E-state index contributed by atoms with van der Waals surface area (Å²) in [5, 5.41) is 17.4. The molecule has 0 bridgehead atoms. The molecule has 1 heterocycles. The van der Waals surface area contributed by atoms with E-state index in [-0.39, 0.29) is 18.2 Å². The fourth-order valence-electron chi connectivity index (χ4n) is 2.80. The molecule has 2 amide bonds. The van der Waals surface area contributed by atoms with Crippen molar-refractivity contribution < 1.29 is 9.59 Å². The van der Waals surface area contributed by atoms with Gasteiger partial charge in [0, 0.05) is 17.6 Å². The van der Waals surface area contributed by atoms with E-state index >= 15 is 0 Å². The Labute approximate surface area is 166 Å². The average molecular weight is 399 g/mol. The van der Waals surface area contributed by atoms with Crippen LogP contribution < -0.4 is 10.6 Å². The normalized spacial score (nSPS) is 11.7. The van der Waals surface area contributed by atoms with Crippen LogP contribution in [0.1, 0.15) is 30.5 Å². The van der Waals surface area contributed by atoms with E-state index in [2.05, 4.69) is 26.2 Å². The number of nitrogens with zero attached hydrogens (tertiary/aromatic N) is 4. The van der Waals surface area contributed by atoms with E-state index in [0.717, 1.165) is 16.8 Å². The highest BCUT2D eigenvalue weighted by Crippen LogP contribution is 2.22. The summed E-state index contributed by atoms with van der Waals surface area (Å²) in [6.07, 6.45) is 1.57. The zero-order chi connectivity index (χ0) is 20.1. The van der Waals surface area contributed by atoms with Gasteiger partial charge in [-0.15, -0.1) is 5.10 Å². The number of carbonyl (C=O) groups is 2. The lowest BCUT2D eigenvalue weighted by atomic mass is 10.0. The van der Waals surface area contributed by atoms with Gasteiger partial charge >= 0.3 is 0 Å². The Hall–Kier alpha value is -3.26. The van der Waals surface area contributed by atoms with Crippen LogP contribution >= 0.6 is 11.6 Å². The molecule has 1 unspecified atom stereocenters. The van der Waals surface area contributed by atoms with E-state index < -0.39 is 6.04 Å². The monoisotopic (exact) mass is 398 g/mol. The number of halogens is 1. The van der Waals surface area contributed by atoms with Gasteiger partial charge in [0.2, 0.25) is 11.8 Å². The van der Waals surface area contributed by atoms with E-state index in [4.69, 9.17) is 11.6 Å². The van der Waals surface area contributed by atoms with Gasteiger partial charge in [-0.25, -0.2) is 4.68 Å². The topological polar surface area (TPSA) is 102 Å². The zero-order valence-electron chi connectivity index (χ0n) is 15.4. The number of aryl methyl sites for hydroxylation is 1. The molecule has 0 aliphatic carbocycles. The molecule has 0 saturated carbocycles. The Morgan fingerprint density at radius 3 is 2.57 bits per heavy atom. The molecular weight excluding hydrogens is 380 g/mol. The first-order valence-corrected chi connectivity index (χ1v) is 8.96. The largest absolute Gasteiger partial charge is 0.349 e. The Morgan fingerprint density at radius 2 is 1.93 bits per heavy atom. The first-order chi connectivity index (χ1) is 13.4. The molecule has 0 fully saturated rings. The standard InChI is InChI=1S/C19H19ClN6O2/c1-12-3-8-16(9-18(12)26-11-21-24-25-26)23-19(28)10-17(22-13(2)27)14-4-6-15(20)7-5-14/h3-9,11,17H,10H2,1-2H3,(H,22,27)(H,23,28). The molecule has 2 aromatic carbocycles. The minimum absolute atomic E-state index is 0.0787. The average Bonchev–Trinajstić information content (AvgIpc) is 3.17. The Kier molecular flexibility index (Phi) is 6.00. The van der Waals surface area contributed by atoms with Crippen LogP contribution in [-0.2, 0) is 9.59 Å². The minimum atomic E-state index is -0.459. The number of anilines is 1. The van der Waals surface area contributed by atoms with Gasteiger partial charge in [-0.3, -0.25) is 9.59 Å². The first-order valence-electron chi connectivity index (χ1n) is 8.59. The van der Waals surface area contributed by atoms with Crippen LogP contribution in [0.25, 0.3) is 5.69 Å². The summed E-state index contributed by atoms with van der Waals surface area (Å²) in [5.74, 6) is -0.454. The maximum atomic E-state index is 12.6. The van der Waals surface area contributed by atoms with E-state index in [0.29, 0.717) is 10.7 Å². The summed E-state index contributed by atoms with van der Waals surface area (Å²) in [6.45, 7) is 3.34. The van der Waals surface area contributed by atoms with Crippen molar-refractivity contribution in [3.05, 3.63) is 64.9 Å². The molecule has 0 spiro atoms. The molecule has 8 nitrogen and oxygen atoms in total. The Bertz CT molecular complexity index is 973. The Morgan fingerprint density at radius 1 is 1.18 bits per heavy atom. The number of amides is 2. The van der Waals surface area contributed by atoms with Crippen LogP contribution in [0.2, 0.25) is 5.02 Å². The lowest BCUT2D eigenvalue weighted by Gasteiger charge is -2.18. The maximum absolute atomic E-state index is 12.6. The number of carbonyl (C=O) groups excluding carboxylic acids is 2. The van der Waals surface area contributed by atoms with Crippen LogP contribution in [0.4, 0.5) is 5.69 Å². The molecule has 2 N–H and O–H groups in total. The third kappa shape index (κ3) is 4.92. The van der Waals surface area contributed by atoms with Gasteiger partial charge in [0.15, 0.2) is 0 Å². The smallest absolute Gasteiger partial charge is 0.226 e. The molecule has 1 aromatic heterocycles. The highest BCUT2D eigenvalue weighted by molar-refractivity contribution is 6.30. The fraction of sp³-hybridized carbons (Fsp3) is 0.211. The maximum Gasteiger partial charge on any atom is 0.226 e. The summed E-state index contributed by atoms with van der Waals surface area (Å²) in [7, 11) is 0. The van der Waals surface area contributed by atoms with E-state index in [1.807, 2.05) is 13.0 Å². The van der Waals surface area contributed by atoms with Crippen molar-refractivity contribution in [2.45, 2.75) is 26.3 Å². The first kappa shape index (κ1) is 19.5. The molecule has 0 aliphatic rings. The molecule has 144 valence electrons. The van der Waals surface area contributed by atoms with Crippen molar-refractivity contribution in [3.8, 4) is 5.69 Å². The third-order valence-electron chi connectivity index (χ3n) is 4.13. The second-order valence-corrected chi connectivity index (χ2v) is 6.75. The second-order valence-electron chi connectivity index (χ2n) is 6.31. The molecule has 3 aromatic rings. The van der Waals surface area contributed by atoms with Crippen LogP contribution in [0.15, 0.2) is 48.8 Å². The summed E-state index contributed by atoms with van der Waals surface area (Å²) < 4.78 is 1.53. The number of hydrogen-bond donors (Lipinski definition) is 2. The van der Waals surface area contributed by atoms with Crippen molar-refractivity contribution in [1.29, 1.82) is 0 Å². The molecule has 1 atom stereocenters. The molecule has 3 rings (SSSR count). The SMILES string of the molecule is CC(=O)NC(CC(=O)Nc1ccc(C)c(-n2cnnn2)c1)c1ccc(Cl)cc1. The van der Waals surface area contributed by atoms with Crippen LogP contribution in [0, 0.1) is 6.92 Å². The highest BCUT2D eigenvalue weighted by Gasteiger charge is 2.17. The van der Waals surface area contributed by atoms with Crippen molar-refractivity contribution >= 4 is 29.1 Å². The number of aromatic nitrogens is 4.